The molecule has 0 spiro atoms. The summed E-state index contributed by atoms with van der Waals surface area (Å²) in [6, 6.07) is 17.3. The Morgan fingerprint density at radius 1 is 1.00 bits per heavy atom. The molecule has 0 bridgehead atoms. The quantitative estimate of drug-likeness (QED) is 0.349. The predicted octanol–water partition coefficient (Wildman–Crippen LogP) is 5.00. The molecule has 1 amide bonds. The summed E-state index contributed by atoms with van der Waals surface area (Å²) in [5.41, 5.74) is 0.656. The van der Waals surface area contributed by atoms with Gasteiger partial charge in [0.05, 0.1) is 23.7 Å². The number of nitrogens with zero attached hydrogens (tertiary/aromatic N) is 4. The highest BCUT2D eigenvalue weighted by atomic mass is 32.2. The van der Waals surface area contributed by atoms with Crippen LogP contribution in [0.25, 0.3) is 11.3 Å². The zero-order valence-corrected chi connectivity index (χ0v) is 20.1. The van der Waals surface area contributed by atoms with Crippen molar-refractivity contribution in [2.45, 2.75) is 23.5 Å². The molecule has 2 heterocycles. The molecule has 1 aromatic heterocycles. The molecule has 2 aromatic carbocycles. The second-order valence-electron chi connectivity index (χ2n) is 8.03. The highest BCUT2D eigenvalue weighted by Crippen LogP contribution is 2.33. The monoisotopic (exact) mass is 502 g/mol. The molecule has 184 valence electrons. The molecule has 1 saturated heterocycles. The van der Waals surface area contributed by atoms with Gasteiger partial charge in [0.1, 0.15) is 11.4 Å². The van der Waals surface area contributed by atoms with E-state index in [0.717, 1.165) is 29.3 Å². The van der Waals surface area contributed by atoms with Crippen LogP contribution in [0.2, 0.25) is 0 Å². The maximum atomic E-state index is 13.5. The van der Waals surface area contributed by atoms with E-state index in [-0.39, 0.29) is 16.8 Å². The molecular weight excluding hydrogens is 477 g/mol. The van der Waals surface area contributed by atoms with Gasteiger partial charge in [-0.25, -0.2) is 9.97 Å². The molecule has 35 heavy (non-hydrogen) atoms. The average Bonchev–Trinajstić information content (AvgIpc) is 2.88. The molecule has 0 unspecified atom stereocenters. The topological polar surface area (TPSA) is 58.6 Å². The molecule has 4 rings (SSSR count). The van der Waals surface area contributed by atoms with Crippen molar-refractivity contribution in [3.63, 3.8) is 0 Å². The highest BCUT2D eigenvalue weighted by molar-refractivity contribution is 8.00. The van der Waals surface area contributed by atoms with Gasteiger partial charge in [-0.1, -0.05) is 54.2 Å². The minimum Gasteiger partial charge on any atom is -0.495 e. The van der Waals surface area contributed by atoms with Gasteiger partial charge in [-0.15, -0.1) is 0 Å². The first-order valence-electron chi connectivity index (χ1n) is 11.1. The van der Waals surface area contributed by atoms with Crippen molar-refractivity contribution in [1.29, 1.82) is 0 Å². The largest absolute Gasteiger partial charge is 0.495 e. The number of rotatable bonds is 6. The molecule has 0 radical (unpaired) electrons. The first kappa shape index (κ1) is 24.8. The first-order chi connectivity index (χ1) is 16.8. The number of methoxy groups -OCH3 is 1. The summed E-state index contributed by atoms with van der Waals surface area (Å²) in [4.78, 5) is 25.0. The second-order valence-corrected chi connectivity index (χ2v) is 9.34. The standard InChI is InChI=1S/C25H25F3N4O2S/c1-17(23(33)32-14-12-31(13-15-32)20-10-6-7-11-21(20)34-2)35-24-29-19(18-8-4-3-5-9-18)16-22(30-24)25(26,27)28/h3-11,16-17H,12-15H2,1-2H3/t17-/m1/s1. The molecule has 0 N–H and O–H groups in total. The minimum atomic E-state index is -4.62. The number of anilines is 1. The zero-order chi connectivity index (χ0) is 25.0. The first-order valence-corrected chi connectivity index (χ1v) is 12.0. The number of thioether (sulfide) groups is 1. The fraction of sp³-hybridized carbons (Fsp3) is 0.320. The molecule has 3 aromatic rings. The number of aromatic nitrogens is 2. The van der Waals surface area contributed by atoms with Gasteiger partial charge in [0.2, 0.25) is 5.91 Å². The summed E-state index contributed by atoms with van der Waals surface area (Å²) in [6.45, 7) is 3.93. The molecule has 1 atom stereocenters. The molecule has 1 fully saturated rings. The molecule has 0 aliphatic carbocycles. The van der Waals surface area contributed by atoms with Gasteiger partial charge in [-0.3, -0.25) is 4.79 Å². The lowest BCUT2D eigenvalue weighted by molar-refractivity contribution is -0.141. The maximum Gasteiger partial charge on any atom is 0.433 e. The van der Waals surface area contributed by atoms with Gasteiger partial charge < -0.3 is 14.5 Å². The number of carbonyl (C=O) groups excluding carboxylic acids is 1. The van der Waals surface area contributed by atoms with Crippen LogP contribution in [0.1, 0.15) is 12.6 Å². The molecule has 1 aliphatic rings. The molecule has 10 heteroatoms. The van der Waals surface area contributed by atoms with Crippen LogP contribution < -0.4 is 9.64 Å². The van der Waals surface area contributed by atoms with Crippen LogP contribution in [0.3, 0.4) is 0 Å². The molecule has 1 aliphatic heterocycles. The van der Waals surface area contributed by atoms with Crippen molar-refractivity contribution in [2.24, 2.45) is 0 Å². The average molecular weight is 503 g/mol. The van der Waals surface area contributed by atoms with Crippen LogP contribution >= 0.6 is 11.8 Å². The summed E-state index contributed by atoms with van der Waals surface area (Å²) < 4.78 is 45.9. The van der Waals surface area contributed by atoms with Crippen molar-refractivity contribution < 1.29 is 22.7 Å². The lowest BCUT2D eigenvalue weighted by Crippen LogP contribution is -2.50. The van der Waals surface area contributed by atoms with Crippen LogP contribution in [-0.2, 0) is 11.0 Å². The van der Waals surface area contributed by atoms with Crippen LogP contribution in [-0.4, -0.2) is 59.3 Å². The Hall–Kier alpha value is -3.27. The zero-order valence-electron chi connectivity index (χ0n) is 19.3. The number of hydrogen-bond donors (Lipinski definition) is 0. The molecule has 6 nitrogen and oxygen atoms in total. The van der Waals surface area contributed by atoms with Gasteiger partial charge in [0.25, 0.3) is 0 Å². The van der Waals surface area contributed by atoms with Gasteiger partial charge in [0.15, 0.2) is 5.16 Å². The van der Waals surface area contributed by atoms with E-state index in [1.807, 2.05) is 24.3 Å². The number of hydrogen-bond acceptors (Lipinski definition) is 6. The molecular formula is C25H25F3N4O2S. The summed E-state index contributed by atoms with van der Waals surface area (Å²) in [7, 11) is 1.62. The van der Waals surface area contributed by atoms with E-state index in [4.69, 9.17) is 4.74 Å². The summed E-state index contributed by atoms with van der Waals surface area (Å²) in [5, 5.41) is -0.716. The van der Waals surface area contributed by atoms with Crippen molar-refractivity contribution in [2.75, 3.05) is 38.2 Å². The van der Waals surface area contributed by atoms with Gasteiger partial charge >= 0.3 is 6.18 Å². The fourth-order valence-electron chi connectivity index (χ4n) is 3.90. The smallest absolute Gasteiger partial charge is 0.433 e. The number of benzene rings is 2. The van der Waals surface area contributed by atoms with Crippen molar-refractivity contribution in [1.82, 2.24) is 14.9 Å². The van der Waals surface area contributed by atoms with Crippen LogP contribution in [0.15, 0.2) is 65.8 Å². The summed E-state index contributed by atoms with van der Waals surface area (Å²) in [5.74, 6) is 0.615. The highest BCUT2D eigenvalue weighted by Gasteiger charge is 2.34. The number of alkyl halides is 3. The Balaban J connectivity index is 1.46. The van der Waals surface area contributed by atoms with Crippen LogP contribution in [0.5, 0.6) is 5.75 Å². The normalized spacial score (nSPS) is 15.1. The third kappa shape index (κ3) is 5.87. The minimum absolute atomic E-state index is 0.0767. The van der Waals surface area contributed by atoms with E-state index < -0.39 is 17.1 Å². The number of ether oxygens (including phenoxy) is 1. The Morgan fingerprint density at radius 2 is 1.66 bits per heavy atom. The third-order valence-corrected chi connectivity index (χ3v) is 6.66. The van der Waals surface area contributed by atoms with E-state index in [9.17, 15) is 18.0 Å². The second kappa shape index (κ2) is 10.6. The maximum absolute atomic E-state index is 13.5. The van der Waals surface area contributed by atoms with Crippen molar-refractivity contribution in [3.8, 4) is 17.0 Å². The Labute approximate surface area is 206 Å². The Morgan fingerprint density at radius 3 is 2.31 bits per heavy atom. The van der Waals surface area contributed by atoms with E-state index in [1.165, 1.54) is 0 Å². The van der Waals surface area contributed by atoms with Gasteiger partial charge in [-0.05, 0) is 25.1 Å². The Kier molecular flexibility index (Phi) is 7.49. The van der Waals surface area contributed by atoms with Gasteiger partial charge in [-0.2, -0.15) is 13.2 Å². The SMILES string of the molecule is COc1ccccc1N1CCN(C(=O)[C@@H](C)Sc2nc(-c3ccccc3)cc(C(F)(F)F)n2)CC1. The third-order valence-electron chi connectivity index (χ3n) is 5.71. The van der Waals surface area contributed by atoms with E-state index in [0.29, 0.717) is 31.7 Å². The number of amides is 1. The van der Waals surface area contributed by atoms with E-state index in [2.05, 4.69) is 14.9 Å². The van der Waals surface area contributed by atoms with Crippen LogP contribution in [0, 0.1) is 0 Å². The lowest BCUT2D eigenvalue weighted by atomic mass is 10.1. The fourth-order valence-corrected chi connectivity index (χ4v) is 4.77. The summed E-state index contributed by atoms with van der Waals surface area (Å²) in [6.07, 6.45) is -4.62. The van der Waals surface area contributed by atoms with E-state index in [1.54, 1.807) is 49.3 Å². The predicted molar refractivity (Wildman–Crippen MR) is 130 cm³/mol. The van der Waals surface area contributed by atoms with Crippen LogP contribution in [0.4, 0.5) is 18.9 Å². The number of carbonyl (C=O) groups is 1. The lowest BCUT2D eigenvalue weighted by Gasteiger charge is -2.37. The Bertz CT molecular complexity index is 1170. The van der Waals surface area contributed by atoms with Crippen molar-refractivity contribution >= 4 is 23.4 Å². The van der Waals surface area contributed by atoms with E-state index >= 15 is 0 Å². The number of halogens is 3. The van der Waals surface area contributed by atoms with Gasteiger partial charge in [0, 0.05) is 31.7 Å². The number of piperazine rings is 1. The van der Waals surface area contributed by atoms with Crippen molar-refractivity contribution in [3.05, 3.63) is 66.4 Å². The number of para-hydroxylation sites is 2. The summed E-state index contributed by atoms with van der Waals surface area (Å²) >= 11 is 0.941. The molecule has 0 saturated carbocycles.